The van der Waals surface area contributed by atoms with Crippen LogP contribution in [-0.4, -0.2) is 16.9 Å². The maximum atomic E-state index is 13.4. The highest BCUT2D eigenvalue weighted by Gasteiger charge is 2.24. The predicted molar refractivity (Wildman–Crippen MR) is 137 cm³/mol. The van der Waals surface area contributed by atoms with Gasteiger partial charge in [-0.3, -0.25) is 4.79 Å². The second-order valence-electron chi connectivity index (χ2n) is 8.29. The lowest BCUT2D eigenvalue weighted by Crippen LogP contribution is -2.19. The van der Waals surface area contributed by atoms with Gasteiger partial charge in [0.25, 0.3) is 5.91 Å². The maximum absolute atomic E-state index is 13.4. The third-order valence-electron chi connectivity index (χ3n) is 5.62. The number of urea groups is 1. The van der Waals surface area contributed by atoms with Gasteiger partial charge in [-0.05, 0) is 67.1 Å². The third-order valence-corrected chi connectivity index (χ3v) is 5.62. The predicted octanol–water partition coefficient (Wildman–Crippen LogP) is 6.48. The molecular formula is C27H21F2N5O2. The highest BCUT2D eigenvalue weighted by molar-refractivity contribution is 6.35. The monoisotopic (exact) mass is 485 g/mol. The van der Waals surface area contributed by atoms with Crippen molar-refractivity contribution in [2.24, 2.45) is 0 Å². The van der Waals surface area contributed by atoms with E-state index in [1.54, 1.807) is 24.4 Å². The number of aryl methyl sites for hydroxylation is 1. The molecule has 0 aliphatic carbocycles. The van der Waals surface area contributed by atoms with Crippen LogP contribution in [0.15, 0.2) is 72.9 Å². The van der Waals surface area contributed by atoms with E-state index < -0.39 is 17.7 Å². The number of nitrogens with one attached hydrogen (secondary N) is 5. The van der Waals surface area contributed by atoms with Crippen LogP contribution >= 0.6 is 0 Å². The minimum absolute atomic E-state index is 0.000309. The minimum Gasteiger partial charge on any atom is -0.362 e. The largest absolute Gasteiger partial charge is 0.362 e. The Balaban J connectivity index is 1.31. The zero-order valence-corrected chi connectivity index (χ0v) is 19.1. The van der Waals surface area contributed by atoms with Crippen LogP contribution in [0.4, 0.5) is 42.0 Å². The van der Waals surface area contributed by atoms with Gasteiger partial charge >= 0.3 is 6.03 Å². The Hall–Kier alpha value is -4.92. The fourth-order valence-electron chi connectivity index (χ4n) is 3.91. The zero-order valence-electron chi connectivity index (χ0n) is 19.1. The SMILES string of the molecule is Cc1ccc(NC(=O)Nc2cc(F)cc(F)c2)cc1Nc1ccc2c(c1)NC(=O)/C2=C\c1ccc[nH]1. The van der Waals surface area contributed by atoms with Crippen LogP contribution in [-0.2, 0) is 4.79 Å². The van der Waals surface area contributed by atoms with E-state index in [2.05, 4.69) is 26.3 Å². The van der Waals surface area contributed by atoms with Gasteiger partial charge in [-0.15, -0.1) is 0 Å². The molecule has 0 unspecified atom stereocenters. The molecule has 3 aromatic carbocycles. The molecule has 9 heteroatoms. The van der Waals surface area contributed by atoms with Crippen LogP contribution in [0.3, 0.4) is 0 Å². The van der Waals surface area contributed by atoms with Crippen LogP contribution in [0, 0.1) is 18.6 Å². The highest BCUT2D eigenvalue weighted by atomic mass is 19.1. The lowest BCUT2D eigenvalue weighted by Gasteiger charge is -2.14. The van der Waals surface area contributed by atoms with Gasteiger partial charge in [-0.25, -0.2) is 13.6 Å². The number of carbonyl (C=O) groups excluding carboxylic acids is 2. The summed E-state index contributed by atoms with van der Waals surface area (Å²) in [5.74, 6) is -1.75. The molecule has 0 saturated carbocycles. The molecule has 0 atom stereocenters. The van der Waals surface area contributed by atoms with E-state index in [1.165, 1.54) is 0 Å². The number of carbonyl (C=O) groups is 2. The molecule has 0 spiro atoms. The molecule has 0 radical (unpaired) electrons. The number of benzene rings is 3. The summed E-state index contributed by atoms with van der Waals surface area (Å²) in [7, 11) is 0. The number of H-pyrrole nitrogens is 1. The van der Waals surface area contributed by atoms with Gasteiger partial charge in [-0.2, -0.15) is 0 Å². The third kappa shape index (κ3) is 4.95. The molecule has 3 amide bonds. The zero-order chi connectivity index (χ0) is 25.2. The number of rotatable bonds is 5. The maximum Gasteiger partial charge on any atom is 0.323 e. The van der Waals surface area contributed by atoms with Crippen molar-refractivity contribution in [2.45, 2.75) is 6.92 Å². The number of anilines is 5. The second-order valence-corrected chi connectivity index (χ2v) is 8.29. The first-order chi connectivity index (χ1) is 17.3. The van der Waals surface area contributed by atoms with Crippen molar-refractivity contribution in [1.82, 2.24) is 4.98 Å². The molecule has 2 heterocycles. The summed E-state index contributed by atoms with van der Waals surface area (Å²) in [6.07, 6.45) is 3.60. The number of aromatic nitrogens is 1. The first-order valence-electron chi connectivity index (χ1n) is 11.1. The van der Waals surface area contributed by atoms with Crippen molar-refractivity contribution in [3.05, 3.63) is 101 Å². The average molecular weight is 485 g/mol. The van der Waals surface area contributed by atoms with Gasteiger partial charge in [0.05, 0.1) is 11.3 Å². The number of hydrogen-bond donors (Lipinski definition) is 5. The lowest BCUT2D eigenvalue weighted by molar-refractivity contribution is -0.110. The number of hydrogen-bond acceptors (Lipinski definition) is 3. The molecular weight excluding hydrogens is 464 g/mol. The fraction of sp³-hybridized carbons (Fsp3) is 0.0370. The number of halogens is 2. The molecule has 1 aromatic heterocycles. The van der Waals surface area contributed by atoms with Crippen LogP contribution < -0.4 is 21.3 Å². The van der Waals surface area contributed by atoms with E-state index >= 15 is 0 Å². The standard InChI is InChI=1S/C27H21F2N5O2/c1-15-4-5-20(32-27(36)33-21-10-16(28)9-17(29)11-21)13-24(15)31-19-6-7-22-23(12-18-3-2-8-30-18)26(35)34-25(22)14-19/h2-14,30-31H,1H3,(H,34,35)(H2,32,33,36)/b23-12-. The van der Waals surface area contributed by atoms with Crippen molar-refractivity contribution < 1.29 is 18.4 Å². The molecule has 1 aliphatic heterocycles. The summed E-state index contributed by atoms with van der Waals surface area (Å²) in [5, 5.41) is 11.3. The molecule has 7 nitrogen and oxygen atoms in total. The van der Waals surface area contributed by atoms with Crippen molar-refractivity contribution >= 4 is 52.0 Å². The molecule has 5 N–H and O–H groups in total. The minimum atomic E-state index is -0.787. The quantitative estimate of drug-likeness (QED) is 0.209. The van der Waals surface area contributed by atoms with Crippen LogP contribution in [0.25, 0.3) is 11.6 Å². The number of amides is 3. The Morgan fingerprint density at radius 1 is 0.889 bits per heavy atom. The average Bonchev–Trinajstić information content (AvgIpc) is 3.43. The van der Waals surface area contributed by atoms with Crippen LogP contribution in [0.1, 0.15) is 16.8 Å². The summed E-state index contributed by atoms with van der Waals surface area (Å²) in [5.41, 5.74) is 5.78. The first kappa shape index (κ1) is 22.9. The summed E-state index contributed by atoms with van der Waals surface area (Å²) < 4.78 is 26.7. The Morgan fingerprint density at radius 3 is 2.39 bits per heavy atom. The van der Waals surface area contributed by atoms with Crippen molar-refractivity contribution in [3.8, 4) is 0 Å². The fourth-order valence-corrected chi connectivity index (χ4v) is 3.91. The lowest BCUT2D eigenvalue weighted by atomic mass is 10.1. The first-order valence-corrected chi connectivity index (χ1v) is 11.1. The molecule has 0 bridgehead atoms. The van der Waals surface area contributed by atoms with Crippen LogP contribution in [0.2, 0.25) is 0 Å². The van der Waals surface area contributed by atoms with E-state index in [4.69, 9.17) is 0 Å². The molecule has 4 aromatic rings. The van der Waals surface area contributed by atoms with Crippen molar-refractivity contribution in [2.75, 3.05) is 21.3 Å². The Kier molecular flexibility index (Phi) is 5.95. The van der Waals surface area contributed by atoms with Gasteiger partial charge in [0, 0.05) is 46.3 Å². The molecule has 1 aliphatic rings. The molecule has 180 valence electrons. The summed E-state index contributed by atoms with van der Waals surface area (Å²) in [6.45, 7) is 1.91. The summed E-state index contributed by atoms with van der Waals surface area (Å²) in [6, 6.07) is 16.7. The smallest absolute Gasteiger partial charge is 0.323 e. The Labute approximate surface area is 205 Å². The van der Waals surface area contributed by atoms with Gasteiger partial charge in [0.2, 0.25) is 0 Å². The van der Waals surface area contributed by atoms with E-state index in [9.17, 15) is 18.4 Å². The Morgan fingerprint density at radius 2 is 1.64 bits per heavy atom. The topological polar surface area (TPSA) is 98.0 Å². The molecule has 0 fully saturated rings. The normalized spacial score (nSPS) is 13.3. The van der Waals surface area contributed by atoms with Crippen molar-refractivity contribution in [1.29, 1.82) is 0 Å². The number of aromatic amines is 1. The van der Waals surface area contributed by atoms with Gasteiger partial charge in [-0.1, -0.05) is 12.1 Å². The van der Waals surface area contributed by atoms with Gasteiger partial charge in [0.1, 0.15) is 11.6 Å². The second kappa shape index (κ2) is 9.38. The summed E-state index contributed by atoms with van der Waals surface area (Å²) >= 11 is 0. The van der Waals surface area contributed by atoms with E-state index in [1.807, 2.05) is 43.3 Å². The highest BCUT2D eigenvalue weighted by Crippen LogP contribution is 2.36. The van der Waals surface area contributed by atoms with E-state index in [0.29, 0.717) is 16.9 Å². The van der Waals surface area contributed by atoms with Crippen LogP contribution in [0.5, 0.6) is 0 Å². The summed E-state index contributed by atoms with van der Waals surface area (Å²) in [4.78, 5) is 27.9. The molecule has 0 saturated heterocycles. The molecule has 5 rings (SSSR count). The number of fused-ring (bicyclic) bond motifs is 1. The van der Waals surface area contributed by atoms with Crippen molar-refractivity contribution in [3.63, 3.8) is 0 Å². The van der Waals surface area contributed by atoms with Gasteiger partial charge < -0.3 is 26.3 Å². The van der Waals surface area contributed by atoms with E-state index in [0.717, 1.165) is 46.4 Å². The molecule has 36 heavy (non-hydrogen) atoms. The Bertz CT molecular complexity index is 1490. The van der Waals surface area contributed by atoms with E-state index in [-0.39, 0.29) is 11.6 Å². The van der Waals surface area contributed by atoms with Gasteiger partial charge in [0.15, 0.2) is 0 Å².